The summed E-state index contributed by atoms with van der Waals surface area (Å²) in [5.74, 6) is 0. The zero-order chi connectivity index (χ0) is 17.4. The van der Waals surface area contributed by atoms with E-state index >= 15 is 0 Å². The van der Waals surface area contributed by atoms with Crippen LogP contribution in [0.15, 0.2) is 61.4 Å². The molecule has 0 fully saturated rings. The monoisotopic (exact) mass is 325 g/mol. The Balaban J connectivity index is 2.03. The molecule has 5 nitrogen and oxygen atoms in total. The van der Waals surface area contributed by atoms with Crippen molar-refractivity contribution in [3.8, 4) is 11.1 Å². The van der Waals surface area contributed by atoms with Crippen LogP contribution < -0.4 is 5.32 Å². The Bertz CT molecular complexity index is 656. The fraction of sp³-hybridized carbons (Fsp3) is 0.263. The van der Waals surface area contributed by atoms with Crippen molar-refractivity contribution in [1.29, 1.82) is 0 Å². The Hall–Kier alpha value is -2.66. The van der Waals surface area contributed by atoms with Gasteiger partial charge in [-0.15, -0.1) is 6.58 Å². The number of aromatic nitrogens is 1. The van der Waals surface area contributed by atoms with Crippen LogP contribution >= 0.6 is 0 Å². The summed E-state index contributed by atoms with van der Waals surface area (Å²) < 4.78 is 0. The van der Waals surface area contributed by atoms with Gasteiger partial charge >= 0.3 is 6.03 Å². The van der Waals surface area contributed by atoms with E-state index in [1.54, 1.807) is 12.3 Å². The van der Waals surface area contributed by atoms with Crippen molar-refractivity contribution >= 4 is 6.03 Å². The van der Waals surface area contributed by atoms with Gasteiger partial charge in [0.05, 0.1) is 12.6 Å². The second-order valence-electron chi connectivity index (χ2n) is 5.49. The van der Waals surface area contributed by atoms with Crippen molar-refractivity contribution in [1.82, 2.24) is 15.2 Å². The first-order valence-electron chi connectivity index (χ1n) is 7.93. The predicted octanol–water partition coefficient (Wildman–Crippen LogP) is 3.00. The molecule has 0 spiro atoms. The van der Waals surface area contributed by atoms with Gasteiger partial charge in [-0.1, -0.05) is 36.4 Å². The van der Waals surface area contributed by atoms with Crippen LogP contribution in [-0.4, -0.2) is 40.7 Å². The fourth-order valence-corrected chi connectivity index (χ4v) is 2.41. The van der Waals surface area contributed by atoms with E-state index in [1.165, 1.54) is 4.90 Å². The van der Waals surface area contributed by atoms with Crippen molar-refractivity contribution in [2.75, 3.05) is 19.7 Å². The molecule has 0 radical (unpaired) electrons. The molecule has 24 heavy (non-hydrogen) atoms. The molecule has 1 unspecified atom stereocenters. The molecule has 2 rings (SSSR count). The van der Waals surface area contributed by atoms with E-state index < -0.39 is 0 Å². The van der Waals surface area contributed by atoms with E-state index in [0.717, 1.165) is 16.7 Å². The summed E-state index contributed by atoms with van der Waals surface area (Å²) in [6.45, 7) is 6.18. The number of carbonyl (C=O) groups excluding carboxylic acids is 1. The van der Waals surface area contributed by atoms with Crippen LogP contribution in [0.1, 0.15) is 18.5 Å². The second kappa shape index (κ2) is 8.84. The fourth-order valence-electron chi connectivity index (χ4n) is 2.41. The van der Waals surface area contributed by atoms with Crippen molar-refractivity contribution < 1.29 is 9.90 Å². The predicted molar refractivity (Wildman–Crippen MR) is 95.5 cm³/mol. The molecule has 1 atom stereocenters. The van der Waals surface area contributed by atoms with Crippen LogP contribution in [0.25, 0.3) is 11.1 Å². The topological polar surface area (TPSA) is 65.5 Å². The SMILES string of the molecule is C=CCN(CCO)C(=O)NC(C)c1ccc(-c2cccnc2)cc1. The smallest absolute Gasteiger partial charge is 0.318 e. The minimum Gasteiger partial charge on any atom is -0.395 e. The van der Waals surface area contributed by atoms with E-state index in [0.29, 0.717) is 6.54 Å². The molecular formula is C19H23N3O2. The van der Waals surface area contributed by atoms with Gasteiger partial charge in [-0.05, 0) is 29.7 Å². The van der Waals surface area contributed by atoms with Gasteiger partial charge in [-0.3, -0.25) is 4.98 Å². The van der Waals surface area contributed by atoms with E-state index in [2.05, 4.69) is 16.9 Å². The van der Waals surface area contributed by atoms with Crippen molar-refractivity contribution in [3.05, 3.63) is 67.0 Å². The maximum Gasteiger partial charge on any atom is 0.318 e. The number of aliphatic hydroxyl groups excluding tert-OH is 1. The number of nitrogens with zero attached hydrogens (tertiary/aromatic N) is 2. The molecular weight excluding hydrogens is 302 g/mol. The van der Waals surface area contributed by atoms with Crippen LogP contribution in [0.5, 0.6) is 0 Å². The largest absolute Gasteiger partial charge is 0.395 e. The number of hydrogen-bond donors (Lipinski definition) is 2. The van der Waals surface area contributed by atoms with Crippen molar-refractivity contribution in [3.63, 3.8) is 0 Å². The molecule has 1 aromatic heterocycles. The van der Waals surface area contributed by atoms with Gasteiger partial charge in [0.2, 0.25) is 0 Å². The molecule has 0 aliphatic rings. The molecule has 2 amide bonds. The first-order valence-corrected chi connectivity index (χ1v) is 7.93. The molecule has 2 N–H and O–H groups in total. The number of urea groups is 1. The molecule has 1 heterocycles. The molecule has 5 heteroatoms. The Kier molecular flexibility index (Phi) is 6.51. The standard InChI is InChI=1S/C19H23N3O2/c1-3-11-22(12-13-23)19(24)21-15(2)16-6-8-17(9-7-16)18-5-4-10-20-14-18/h3-10,14-15,23H,1,11-13H2,2H3,(H,21,24). The first-order chi connectivity index (χ1) is 11.7. The van der Waals surface area contributed by atoms with Crippen LogP contribution in [-0.2, 0) is 0 Å². The van der Waals surface area contributed by atoms with Gasteiger partial charge in [-0.25, -0.2) is 4.79 Å². The molecule has 126 valence electrons. The summed E-state index contributed by atoms with van der Waals surface area (Å²) >= 11 is 0. The number of carbonyl (C=O) groups is 1. The third kappa shape index (κ3) is 4.67. The lowest BCUT2D eigenvalue weighted by Gasteiger charge is -2.23. The Morgan fingerprint density at radius 3 is 2.67 bits per heavy atom. The quantitative estimate of drug-likeness (QED) is 0.769. The van der Waals surface area contributed by atoms with E-state index in [4.69, 9.17) is 5.11 Å². The number of pyridine rings is 1. The second-order valence-corrected chi connectivity index (χ2v) is 5.49. The van der Waals surface area contributed by atoms with E-state index in [-0.39, 0.29) is 25.2 Å². The van der Waals surface area contributed by atoms with Crippen LogP contribution in [0.2, 0.25) is 0 Å². The number of rotatable bonds is 7. The van der Waals surface area contributed by atoms with Gasteiger partial charge in [-0.2, -0.15) is 0 Å². The number of aliphatic hydroxyl groups is 1. The van der Waals surface area contributed by atoms with E-state index in [9.17, 15) is 4.79 Å². The zero-order valence-electron chi connectivity index (χ0n) is 13.9. The number of amides is 2. The minimum absolute atomic E-state index is 0.0740. The van der Waals surface area contributed by atoms with Crippen molar-refractivity contribution in [2.45, 2.75) is 13.0 Å². The third-order valence-electron chi connectivity index (χ3n) is 3.75. The highest BCUT2D eigenvalue weighted by Crippen LogP contribution is 2.21. The molecule has 0 saturated heterocycles. The minimum atomic E-state index is -0.215. The molecule has 0 aliphatic carbocycles. The van der Waals surface area contributed by atoms with Crippen molar-refractivity contribution in [2.24, 2.45) is 0 Å². The summed E-state index contributed by atoms with van der Waals surface area (Å²) in [6.07, 6.45) is 5.21. The lowest BCUT2D eigenvalue weighted by atomic mass is 10.0. The van der Waals surface area contributed by atoms with Crippen LogP contribution in [0, 0.1) is 0 Å². The summed E-state index contributed by atoms with van der Waals surface area (Å²) in [5.41, 5.74) is 3.15. The number of hydrogen-bond acceptors (Lipinski definition) is 3. The first kappa shape index (κ1) is 17.7. The molecule has 0 aliphatic heterocycles. The maximum atomic E-state index is 12.2. The summed E-state index contributed by atoms with van der Waals surface area (Å²) in [6, 6.07) is 11.6. The average molecular weight is 325 g/mol. The average Bonchev–Trinajstić information content (AvgIpc) is 2.62. The Morgan fingerprint density at radius 1 is 1.33 bits per heavy atom. The summed E-state index contributed by atoms with van der Waals surface area (Å²) in [7, 11) is 0. The summed E-state index contributed by atoms with van der Waals surface area (Å²) in [4.78, 5) is 17.9. The van der Waals surface area contributed by atoms with Gasteiger partial charge in [0, 0.05) is 25.5 Å². The highest BCUT2D eigenvalue weighted by molar-refractivity contribution is 5.75. The highest BCUT2D eigenvalue weighted by atomic mass is 16.3. The van der Waals surface area contributed by atoms with Gasteiger partial charge in [0.1, 0.15) is 0 Å². The van der Waals surface area contributed by atoms with Gasteiger partial charge in [0.25, 0.3) is 0 Å². The molecule has 2 aromatic rings. The van der Waals surface area contributed by atoms with E-state index in [1.807, 2.05) is 49.5 Å². The third-order valence-corrected chi connectivity index (χ3v) is 3.75. The number of benzene rings is 1. The van der Waals surface area contributed by atoms with Gasteiger partial charge < -0.3 is 15.3 Å². The molecule has 0 saturated carbocycles. The highest BCUT2D eigenvalue weighted by Gasteiger charge is 2.15. The zero-order valence-corrected chi connectivity index (χ0v) is 13.9. The maximum absolute atomic E-state index is 12.2. The van der Waals surface area contributed by atoms with Gasteiger partial charge in [0.15, 0.2) is 0 Å². The lowest BCUT2D eigenvalue weighted by molar-refractivity contribution is 0.181. The Morgan fingerprint density at radius 2 is 2.08 bits per heavy atom. The lowest BCUT2D eigenvalue weighted by Crippen LogP contribution is -2.42. The number of nitrogens with one attached hydrogen (secondary N) is 1. The van der Waals surface area contributed by atoms with Crippen LogP contribution in [0.3, 0.4) is 0 Å². The molecule has 1 aromatic carbocycles. The summed E-state index contributed by atoms with van der Waals surface area (Å²) in [5, 5.41) is 12.0. The molecule has 0 bridgehead atoms. The Labute approximate surface area is 142 Å². The normalized spacial score (nSPS) is 11.6. The van der Waals surface area contributed by atoms with Crippen LogP contribution in [0.4, 0.5) is 4.79 Å².